The van der Waals surface area contributed by atoms with E-state index in [-0.39, 0.29) is 16.9 Å². The molecule has 2 aromatic heterocycles. The molecular weight excluding hydrogens is 404 g/mol. The lowest BCUT2D eigenvalue weighted by Gasteiger charge is -2.03. The zero-order chi connectivity index (χ0) is 21.3. The number of hydrogen-bond acceptors (Lipinski definition) is 6. The van der Waals surface area contributed by atoms with Gasteiger partial charge in [0.1, 0.15) is 22.6 Å². The first-order valence-electron chi connectivity index (χ1n) is 8.64. The first-order chi connectivity index (χ1) is 14.4. The summed E-state index contributed by atoms with van der Waals surface area (Å²) in [5, 5.41) is 28.6. The van der Waals surface area contributed by atoms with Crippen LogP contribution in [0.25, 0.3) is 33.2 Å². The maximum Gasteiger partial charge on any atom is 0.335 e. The lowest BCUT2D eigenvalue weighted by molar-refractivity contribution is 0.0696. The Labute approximate surface area is 173 Å². The van der Waals surface area contributed by atoms with Crippen LogP contribution in [-0.4, -0.2) is 27.1 Å². The molecule has 0 saturated carbocycles. The van der Waals surface area contributed by atoms with Crippen molar-refractivity contribution in [3.8, 4) is 17.4 Å². The number of carbonyl (C=O) groups is 2. The number of para-hydroxylation sites is 1. The number of fused-ring (bicyclic) bond motifs is 1. The van der Waals surface area contributed by atoms with Crippen LogP contribution in [0.15, 0.2) is 59.0 Å². The molecule has 4 aromatic rings. The highest BCUT2D eigenvalue weighted by molar-refractivity contribution is 7.19. The molecule has 2 N–H and O–H groups in total. The zero-order valence-corrected chi connectivity index (χ0v) is 16.0. The molecule has 7 nitrogen and oxygen atoms in total. The van der Waals surface area contributed by atoms with Gasteiger partial charge in [0.05, 0.1) is 26.9 Å². The Kier molecular flexibility index (Phi) is 4.88. The van der Waals surface area contributed by atoms with Crippen molar-refractivity contribution in [1.29, 1.82) is 5.26 Å². The molecule has 0 aliphatic heterocycles. The van der Waals surface area contributed by atoms with Gasteiger partial charge < -0.3 is 14.6 Å². The molecule has 0 atom stereocenters. The van der Waals surface area contributed by atoms with Crippen molar-refractivity contribution in [2.75, 3.05) is 0 Å². The van der Waals surface area contributed by atoms with Gasteiger partial charge in [-0.2, -0.15) is 5.26 Å². The highest BCUT2D eigenvalue weighted by Gasteiger charge is 2.15. The number of aromatic carboxylic acids is 2. The molecule has 0 radical (unpaired) electrons. The molecule has 0 bridgehead atoms. The number of aromatic nitrogens is 1. The fourth-order valence-electron chi connectivity index (χ4n) is 2.87. The maximum atomic E-state index is 11.3. The van der Waals surface area contributed by atoms with E-state index in [1.165, 1.54) is 23.5 Å². The molecule has 2 heterocycles. The van der Waals surface area contributed by atoms with E-state index in [9.17, 15) is 25.1 Å². The van der Waals surface area contributed by atoms with E-state index in [0.29, 0.717) is 21.9 Å². The van der Waals surface area contributed by atoms with E-state index < -0.39 is 11.9 Å². The standard InChI is InChI=1S/C22H12N2O5S/c23-11-15(20-24-17-3-1-2-4-19(17)30-20)10-16-5-6-18(29-16)12-7-13(21(25)26)9-14(8-12)22(27)28/h1-10H,(H,25,26)(H,27,28)/b15-10-. The summed E-state index contributed by atoms with van der Waals surface area (Å²) < 4.78 is 6.69. The van der Waals surface area contributed by atoms with Crippen molar-refractivity contribution in [2.24, 2.45) is 0 Å². The van der Waals surface area contributed by atoms with Crippen molar-refractivity contribution < 1.29 is 24.2 Å². The molecule has 0 aliphatic carbocycles. The van der Waals surface area contributed by atoms with Crippen LogP contribution in [0, 0.1) is 11.3 Å². The zero-order valence-electron chi connectivity index (χ0n) is 15.2. The lowest BCUT2D eigenvalue weighted by atomic mass is 10.0. The van der Waals surface area contributed by atoms with Crippen LogP contribution in [0.4, 0.5) is 0 Å². The Balaban J connectivity index is 1.72. The molecule has 4 rings (SSSR count). The first-order valence-corrected chi connectivity index (χ1v) is 9.46. The summed E-state index contributed by atoms with van der Waals surface area (Å²) in [6.07, 6.45) is 1.54. The summed E-state index contributed by atoms with van der Waals surface area (Å²) in [6.45, 7) is 0. The quantitative estimate of drug-likeness (QED) is 0.438. The van der Waals surface area contributed by atoms with Crippen LogP contribution in [-0.2, 0) is 0 Å². The largest absolute Gasteiger partial charge is 0.478 e. The van der Waals surface area contributed by atoms with Crippen LogP contribution in [0.3, 0.4) is 0 Å². The monoisotopic (exact) mass is 416 g/mol. The number of nitriles is 1. The second-order valence-corrected chi connectivity index (χ2v) is 7.30. The van der Waals surface area contributed by atoms with Gasteiger partial charge in [0.2, 0.25) is 0 Å². The van der Waals surface area contributed by atoms with E-state index >= 15 is 0 Å². The van der Waals surface area contributed by atoms with Crippen molar-refractivity contribution in [3.05, 3.63) is 76.5 Å². The Hall–Kier alpha value is -4.22. The summed E-state index contributed by atoms with van der Waals surface area (Å²) in [5.41, 5.74) is 1.11. The van der Waals surface area contributed by atoms with Crippen LogP contribution in [0.5, 0.6) is 0 Å². The van der Waals surface area contributed by atoms with Gasteiger partial charge in [0.25, 0.3) is 0 Å². The van der Waals surface area contributed by atoms with E-state index in [4.69, 9.17) is 4.42 Å². The van der Waals surface area contributed by atoms with Crippen LogP contribution < -0.4 is 0 Å². The number of benzene rings is 2. The Morgan fingerprint density at radius 3 is 2.37 bits per heavy atom. The summed E-state index contributed by atoms with van der Waals surface area (Å²) in [5.74, 6) is -1.84. The fraction of sp³-hybridized carbons (Fsp3) is 0. The molecule has 0 saturated heterocycles. The molecule has 0 amide bonds. The van der Waals surface area contributed by atoms with Gasteiger partial charge >= 0.3 is 11.9 Å². The molecule has 8 heteroatoms. The third kappa shape index (κ3) is 3.70. The van der Waals surface area contributed by atoms with Crippen molar-refractivity contribution >= 4 is 45.1 Å². The second-order valence-electron chi connectivity index (χ2n) is 6.27. The first kappa shape index (κ1) is 19.1. The Morgan fingerprint density at radius 1 is 1.03 bits per heavy atom. The highest BCUT2D eigenvalue weighted by atomic mass is 32.1. The third-order valence-corrected chi connectivity index (χ3v) is 5.34. The average molecular weight is 416 g/mol. The molecule has 0 aliphatic rings. The topological polar surface area (TPSA) is 124 Å². The van der Waals surface area contributed by atoms with E-state index in [0.717, 1.165) is 16.3 Å². The van der Waals surface area contributed by atoms with Gasteiger partial charge in [-0.15, -0.1) is 11.3 Å². The number of hydrogen-bond donors (Lipinski definition) is 2. The van der Waals surface area contributed by atoms with Gasteiger partial charge in [0, 0.05) is 11.6 Å². The minimum absolute atomic E-state index is 0.161. The number of thiazole rings is 1. The van der Waals surface area contributed by atoms with Crippen LogP contribution in [0.2, 0.25) is 0 Å². The number of allylic oxidation sites excluding steroid dienone is 1. The number of furan rings is 1. The average Bonchev–Trinajstić information content (AvgIpc) is 3.38. The van der Waals surface area contributed by atoms with Gasteiger partial charge in [-0.05, 0) is 42.5 Å². The number of rotatable bonds is 5. The van der Waals surface area contributed by atoms with Crippen LogP contribution in [0.1, 0.15) is 31.5 Å². The molecule has 146 valence electrons. The van der Waals surface area contributed by atoms with Crippen molar-refractivity contribution in [3.63, 3.8) is 0 Å². The van der Waals surface area contributed by atoms with E-state index in [1.54, 1.807) is 18.2 Å². The SMILES string of the molecule is N#C/C(=C/c1ccc(-c2cc(C(=O)O)cc(C(=O)O)c2)o1)c1nc2ccccc2s1. The summed E-state index contributed by atoms with van der Waals surface area (Å²) >= 11 is 1.39. The third-order valence-electron chi connectivity index (χ3n) is 4.27. The van der Waals surface area contributed by atoms with Gasteiger partial charge in [-0.25, -0.2) is 14.6 Å². The maximum absolute atomic E-state index is 11.3. The summed E-state index contributed by atoms with van der Waals surface area (Å²) in [6, 6.07) is 16.6. The Bertz CT molecular complexity index is 1310. The second kappa shape index (κ2) is 7.66. The number of carboxylic acid groups (broad SMARTS) is 2. The molecule has 2 aromatic carbocycles. The molecule has 0 spiro atoms. The van der Waals surface area contributed by atoms with E-state index in [1.807, 2.05) is 24.3 Å². The fourth-order valence-corrected chi connectivity index (χ4v) is 3.81. The normalized spacial score (nSPS) is 11.4. The predicted molar refractivity (Wildman–Crippen MR) is 111 cm³/mol. The van der Waals surface area contributed by atoms with Crippen molar-refractivity contribution in [1.82, 2.24) is 4.98 Å². The molecule has 30 heavy (non-hydrogen) atoms. The number of carboxylic acids is 2. The van der Waals surface area contributed by atoms with Crippen LogP contribution >= 0.6 is 11.3 Å². The molecular formula is C22H12N2O5S. The minimum Gasteiger partial charge on any atom is -0.478 e. The smallest absolute Gasteiger partial charge is 0.335 e. The summed E-state index contributed by atoms with van der Waals surface area (Å²) in [4.78, 5) is 27.1. The number of nitrogens with zero attached hydrogens (tertiary/aromatic N) is 2. The minimum atomic E-state index is -1.24. The highest BCUT2D eigenvalue weighted by Crippen LogP contribution is 2.30. The van der Waals surface area contributed by atoms with Gasteiger partial charge in [-0.1, -0.05) is 12.1 Å². The predicted octanol–water partition coefficient (Wildman–Crippen LogP) is 5.02. The van der Waals surface area contributed by atoms with Crippen molar-refractivity contribution in [2.45, 2.75) is 0 Å². The molecule has 0 unspecified atom stereocenters. The van der Waals surface area contributed by atoms with E-state index in [2.05, 4.69) is 11.1 Å². The lowest BCUT2D eigenvalue weighted by Crippen LogP contribution is -2.02. The Morgan fingerprint density at radius 2 is 1.73 bits per heavy atom. The van der Waals surface area contributed by atoms with Gasteiger partial charge in [-0.3, -0.25) is 0 Å². The molecule has 0 fully saturated rings. The summed E-state index contributed by atoms with van der Waals surface area (Å²) in [7, 11) is 0. The van der Waals surface area contributed by atoms with Gasteiger partial charge in [0.15, 0.2) is 0 Å².